The molecule has 2 heterocycles. The minimum Gasteiger partial charge on any atom is -0.461 e. The molecule has 1 aliphatic rings. The van der Waals surface area contributed by atoms with Crippen LogP contribution in [0.2, 0.25) is 0 Å². The Hall–Kier alpha value is -2.04. The number of hydrogen-bond acceptors (Lipinski definition) is 4. The van der Waals surface area contributed by atoms with Gasteiger partial charge in [0, 0.05) is 12.6 Å². The van der Waals surface area contributed by atoms with E-state index in [1.807, 2.05) is 12.1 Å². The normalized spacial score (nSPS) is 16.1. The first-order valence-electron chi connectivity index (χ1n) is 7.41. The maximum Gasteiger partial charge on any atom is 0.232 e. The van der Waals surface area contributed by atoms with Gasteiger partial charge in [-0.2, -0.15) is 0 Å². The summed E-state index contributed by atoms with van der Waals surface area (Å²) < 4.78 is 10.6. The molecule has 0 saturated heterocycles. The highest BCUT2D eigenvalue weighted by Gasteiger charge is 2.53. The predicted molar refractivity (Wildman–Crippen MR) is 77.6 cm³/mol. The summed E-state index contributed by atoms with van der Waals surface area (Å²) in [4.78, 5) is 12.4. The molecule has 0 aromatic carbocycles. The van der Waals surface area contributed by atoms with Crippen LogP contribution in [0.5, 0.6) is 0 Å². The van der Waals surface area contributed by atoms with Gasteiger partial charge < -0.3 is 14.3 Å². The predicted octanol–water partition coefficient (Wildman–Crippen LogP) is 3.13. The van der Waals surface area contributed by atoms with Crippen LogP contribution in [0.3, 0.4) is 0 Å². The van der Waals surface area contributed by atoms with Gasteiger partial charge in [0.2, 0.25) is 11.7 Å². The number of carbonyl (C=O) groups is 1. The molecule has 1 saturated carbocycles. The number of aromatic nitrogens is 1. The van der Waals surface area contributed by atoms with Gasteiger partial charge in [0.15, 0.2) is 5.76 Å². The van der Waals surface area contributed by atoms with Crippen molar-refractivity contribution in [2.45, 2.75) is 38.5 Å². The van der Waals surface area contributed by atoms with Crippen LogP contribution < -0.4 is 5.32 Å². The SMILES string of the molecule is CC(C)CCNC(=O)C1(c2cc(-c3ccco3)on2)CC1. The number of carbonyl (C=O) groups excluding carboxylic acids is 1. The molecule has 0 bridgehead atoms. The molecule has 5 heteroatoms. The second-order valence-electron chi connectivity index (χ2n) is 6.07. The lowest BCUT2D eigenvalue weighted by molar-refractivity contribution is -0.123. The van der Waals surface area contributed by atoms with E-state index in [0.717, 1.165) is 19.3 Å². The molecule has 5 nitrogen and oxygen atoms in total. The van der Waals surface area contributed by atoms with Gasteiger partial charge in [-0.3, -0.25) is 4.79 Å². The maximum absolute atomic E-state index is 12.4. The molecule has 0 unspecified atom stereocenters. The molecule has 2 aromatic heterocycles. The van der Waals surface area contributed by atoms with Crippen molar-refractivity contribution in [3.8, 4) is 11.5 Å². The molecule has 2 aromatic rings. The van der Waals surface area contributed by atoms with E-state index in [2.05, 4.69) is 24.3 Å². The van der Waals surface area contributed by atoms with Crippen molar-refractivity contribution in [3.63, 3.8) is 0 Å². The van der Waals surface area contributed by atoms with E-state index < -0.39 is 5.41 Å². The zero-order chi connectivity index (χ0) is 14.9. The van der Waals surface area contributed by atoms with Gasteiger partial charge in [0.05, 0.1) is 17.4 Å². The van der Waals surface area contributed by atoms with Crippen LogP contribution in [0.15, 0.2) is 33.4 Å². The number of hydrogen-bond donors (Lipinski definition) is 1. The molecule has 0 atom stereocenters. The Labute approximate surface area is 123 Å². The summed E-state index contributed by atoms with van der Waals surface area (Å²) in [6.07, 6.45) is 4.22. The Balaban J connectivity index is 1.69. The molecule has 1 fully saturated rings. The van der Waals surface area contributed by atoms with E-state index in [1.165, 1.54) is 0 Å². The zero-order valence-electron chi connectivity index (χ0n) is 12.4. The van der Waals surface area contributed by atoms with Crippen molar-refractivity contribution in [2.75, 3.05) is 6.54 Å². The minimum absolute atomic E-state index is 0.0578. The number of furan rings is 1. The second kappa shape index (κ2) is 5.39. The van der Waals surface area contributed by atoms with Crippen molar-refractivity contribution < 1.29 is 13.7 Å². The minimum atomic E-state index is -0.495. The van der Waals surface area contributed by atoms with Gasteiger partial charge in [0.1, 0.15) is 0 Å². The molecule has 1 amide bonds. The first kappa shape index (κ1) is 13.9. The van der Waals surface area contributed by atoms with Crippen LogP contribution in [-0.2, 0) is 10.2 Å². The first-order chi connectivity index (χ1) is 10.1. The lowest BCUT2D eigenvalue weighted by atomic mass is 10.0. The Morgan fingerprint density at radius 2 is 2.24 bits per heavy atom. The third kappa shape index (κ3) is 2.73. The number of rotatable bonds is 6. The molecule has 1 N–H and O–H groups in total. The summed E-state index contributed by atoms with van der Waals surface area (Å²) in [6.45, 7) is 5.00. The van der Waals surface area contributed by atoms with Gasteiger partial charge in [-0.1, -0.05) is 19.0 Å². The molecule has 1 aliphatic carbocycles. The van der Waals surface area contributed by atoms with E-state index in [0.29, 0.717) is 29.7 Å². The van der Waals surface area contributed by atoms with E-state index in [4.69, 9.17) is 8.94 Å². The number of nitrogens with zero attached hydrogens (tertiary/aromatic N) is 1. The summed E-state index contributed by atoms with van der Waals surface area (Å²) in [7, 11) is 0. The molecular formula is C16H20N2O3. The Bertz CT molecular complexity index is 609. The summed E-state index contributed by atoms with van der Waals surface area (Å²) >= 11 is 0. The molecule has 0 spiro atoms. The fourth-order valence-electron chi connectivity index (χ4n) is 2.40. The lowest BCUT2D eigenvalue weighted by Crippen LogP contribution is -2.35. The van der Waals surface area contributed by atoms with Crippen LogP contribution >= 0.6 is 0 Å². The van der Waals surface area contributed by atoms with Crippen molar-refractivity contribution >= 4 is 5.91 Å². The largest absolute Gasteiger partial charge is 0.461 e. The van der Waals surface area contributed by atoms with Gasteiger partial charge >= 0.3 is 0 Å². The van der Waals surface area contributed by atoms with Crippen LogP contribution in [0.1, 0.15) is 38.8 Å². The van der Waals surface area contributed by atoms with E-state index in [1.54, 1.807) is 12.3 Å². The van der Waals surface area contributed by atoms with E-state index >= 15 is 0 Å². The third-order valence-corrected chi connectivity index (χ3v) is 3.96. The second-order valence-corrected chi connectivity index (χ2v) is 6.07. The quantitative estimate of drug-likeness (QED) is 0.886. The molecule has 112 valence electrons. The highest BCUT2D eigenvalue weighted by molar-refractivity contribution is 5.90. The maximum atomic E-state index is 12.4. The first-order valence-corrected chi connectivity index (χ1v) is 7.41. The molecule has 21 heavy (non-hydrogen) atoms. The van der Waals surface area contributed by atoms with Gasteiger partial charge in [-0.25, -0.2) is 0 Å². The van der Waals surface area contributed by atoms with Gasteiger partial charge in [0.25, 0.3) is 0 Å². The highest BCUT2D eigenvalue weighted by atomic mass is 16.5. The molecule has 0 radical (unpaired) electrons. The molecular weight excluding hydrogens is 268 g/mol. The van der Waals surface area contributed by atoms with Crippen molar-refractivity contribution in [1.82, 2.24) is 10.5 Å². The number of amides is 1. The van der Waals surface area contributed by atoms with Crippen molar-refractivity contribution in [1.29, 1.82) is 0 Å². The monoisotopic (exact) mass is 288 g/mol. The highest BCUT2D eigenvalue weighted by Crippen LogP contribution is 2.48. The van der Waals surface area contributed by atoms with Crippen LogP contribution in [0.25, 0.3) is 11.5 Å². The Morgan fingerprint density at radius 3 is 2.86 bits per heavy atom. The summed E-state index contributed by atoms with van der Waals surface area (Å²) in [5.41, 5.74) is 0.210. The average molecular weight is 288 g/mol. The Morgan fingerprint density at radius 1 is 1.43 bits per heavy atom. The summed E-state index contributed by atoms with van der Waals surface area (Å²) in [5.74, 6) is 1.83. The van der Waals surface area contributed by atoms with Crippen LogP contribution in [-0.4, -0.2) is 17.6 Å². The standard InChI is InChI=1S/C16H20N2O3/c1-11(2)5-8-17-15(19)16(6-7-16)14-10-13(21-18-14)12-4-3-9-20-12/h3-4,9-11H,5-8H2,1-2H3,(H,17,19). The smallest absolute Gasteiger partial charge is 0.232 e. The van der Waals surface area contributed by atoms with Crippen LogP contribution in [0, 0.1) is 5.92 Å². The number of nitrogens with one attached hydrogen (secondary N) is 1. The lowest BCUT2D eigenvalue weighted by Gasteiger charge is -2.13. The topological polar surface area (TPSA) is 68.3 Å². The van der Waals surface area contributed by atoms with E-state index in [-0.39, 0.29) is 5.91 Å². The average Bonchev–Trinajstić information content (AvgIpc) is 2.91. The fourth-order valence-corrected chi connectivity index (χ4v) is 2.40. The van der Waals surface area contributed by atoms with Crippen molar-refractivity contribution in [3.05, 3.63) is 30.2 Å². The summed E-state index contributed by atoms with van der Waals surface area (Å²) in [5, 5.41) is 7.09. The van der Waals surface area contributed by atoms with Gasteiger partial charge in [-0.05, 0) is 37.3 Å². The van der Waals surface area contributed by atoms with Crippen LogP contribution in [0.4, 0.5) is 0 Å². The van der Waals surface area contributed by atoms with Gasteiger partial charge in [-0.15, -0.1) is 0 Å². The Kier molecular flexibility index (Phi) is 3.57. The third-order valence-electron chi connectivity index (χ3n) is 3.96. The molecule has 3 rings (SSSR count). The molecule has 0 aliphatic heterocycles. The van der Waals surface area contributed by atoms with Crippen molar-refractivity contribution in [2.24, 2.45) is 5.92 Å². The zero-order valence-corrected chi connectivity index (χ0v) is 12.4. The summed E-state index contributed by atoms with van der Waals surface area (Å²) in [6, 6.07) is 5.42. The van der Waals surface area contributed by atoms with E-state index in [9.17, 15) is 4.79 Å². The fraction of sp³-hybridized carbons (Fsp3) is 0.500.